The molecule has 140 valence electrons. The molecule has 1 unspecified atom stereocenters. The van der Waals surface area contributed by atoms with Gasteiger partial charge in [-0.15, -0.1) is 0 Å². The molecule has 1 amide bonds. The molecule has 0 spiro atoms. The van der Waals surface area contributed by atoms with Crippen LogP contribution in [-0.4, -0.2) is 67.7 Å². The van der Waals surface area contributed by atoms with E-state index in [0.717, 1.165) is 0 Å². The predicted molar refractivity (Wildman–Crippen MR) is 95.8 cm³/mol. The number of hydrogen-bond acceptors (Lipinski definition) is 5. The first-order valence-electron chi connectivity index (χ1n) is 8.04. The molecule has 9 heteroatoms. The molecule has 1 saturated heterocycles. The quantitative estimate of drug-likeness (QED) is 0.830. The van der Waals surface area contributed by atoms with Gasteiger partial charge in [-0.3, -0.25) is 4.79 Å². The number of hydrogen-bond donors (Lipinski definition) is 1. The van der Waals surface area contributed by atoms with Crippen molar-refractivity contribution in [1.29, 1.82) is 0 Å². The van der Waals surface area contributed by atoms with Crippen molar-refractivity contribution in [2.24, 2.45) is 0 Å². The van der Waals surface area contributed by atoms with Gasteiger partial charge in [-0.1, -0.05) is 11.6 Å². The number of halogens is 1. The van der Waals surface area contributed by atoms with Gasteiger partial charge < -0.3 is 14.7 Å². The molecule has 1 heterocycles. The van der Waals surface area contributed by atoms with Gasteiger partial charge in [0.15, 0.2) is 11.5 Å². The first kappa shape index (κ1) is 19.8. The number of likely N-dealkylation sites (tertiary alicyclic amines) is 1. The van der Waals surface area contributed by atoms with Gasteiger partial charge in [-0.05, 0) is 31.9 Å². The van der Waals surface area contributed by atoms with Crippen molar-refractivity contribution in [2.45, 2.75) is 25.0 Å². The third-order valence-corrected chi connectivity index (χ3v) is 6.70. The molecular weight excluding hydrogens is 368 g/mol. The Bertz CT molecular complexity index is 751. The van der Waals surface area contributed by atoms with Gasteiger partial charge in [0.1, 0.15) is 0 Å². The van der Waals surface area contributed by atoms with Crippen LogP contribution in [0.4, 0.5) is 0 Å². The number of ether oxygens (including phenoxy) is 1. The van der Waals surface area contributed by atoms with Crippen LogP contribution >= 0.6 is 11.6 Å². The Labute approximate surface area is 153 Å². The summed E-state index contributed by atoms with van der Waals surface area (Å²) in [5.41, 5.74) is 0.258. The second-order valence-electron chi connectivity index (χ2n) is 6.08. The molecule has 1 atom stereocenters. The molecule has 25 heavy (non-hydrogen) atoms. The average Bonchev–Trinajstić information content (AvgIpc) is 2.58. The van der Waals surface area contributed by atoms with Crippen molar-refractivity contribution in [3.63, 3.8) is 0 Å². The fourth-order valence-corrected chi connectivity index (χ4v) is 4.45. The largest absolute Gasteiger partial charge is 0.503 e. The summed E-state index contributed by atoms with van der Waals surface area (Å²) in [4.78, 5) is 14.3. The highest BCUT2D eigenvalue weighted by Crippen LogP contribution is 2.36. The van der Waals surface area contributed by atoms with Crippen LogP contribution in [-0.2, 0) is 10.0 Å². The summed E-state index contributed by atoms with van der Waals surface area (Å²) in [5.74, 6) is -0.416. The highest BCUT2D eigenvalue weighted by Gasteiger charge is 2.34. The molecule has 1 N–H and O–H groups in total. The van der Waals surface area contributed by atoms with Crippen molar-refractivity contribution >= 4 is 27.5 Å². The summed E-state index contributed by atoms with van der Waals surface area (Å²) in [6, 6.07) is 2.79. The predicted octanol–water partition coefficient (Wildman–Crippen LogP) is 1.94. The number of aromatic hydroxyl groups is 1. The Morgan fingerprint density at radius 1 is 1.44 bits per heavy atom. The van der Waals surface area contributed by atoms with Crippen molar-refractivity contribution < 1.29 is 23.1 Å². The number of amides is 1. The van der Waals surface area contributed by atoms with E-state index in [1.54, 1.807) is 6.92 Å². The number of carbonyl (C=O) groups is 1. The summed E-state index contributed by atoms with van der Waals surface area (Å²) in [6.45, 7) is 2.67. The van der Waals surface area contributed by atoms with Crippen LogP contribution < -0.4 is 4.74 Å². The maximum absolute atomic E-state index is 12.8. The third-order valence-electron chi connectivity index (χ3n) is 4.17. The second kappa shape index (κ2) is 7.80. The van der Waals surface area contributed by atoms with E-state index in [1.165, 1.54) is 35.4 Å². The molecule has 0 saturated carbocycles. The molecule has 1 aliphatic heterocycles. The van der Waals surface area contributed by atoms with E-state index in [-0.39, 0.29) is 34.5 Å². The maximum atomic E-state index is 12.8. The van der Waals surface area contributed by atoms with E-state index in [1.807, 2.05) is 0 Å². The summed E-state index contributed by atoms with van der Waals surface area (Å²) >= 11 is 5.98. The van der Waals surface area contributed by atoms with E-state index >= 15 is 0 Å². The fraction of sp³-hybridized carbons (Fsp3) is 0.562. The number of carbonyl (C=O) groups excluding carboxylic acids is 1. The van der Waals surface area contributed by atoms with Crippen LogP contribution in [0.15, 0.2) is 12.1 Å². The van der Waals surface area contributed by atoms with Gasteiger partial charge in [-0.25, -0.2) is 12.7 Å². The normalized spacial score (nSPS) is 18.4. The molecule has 1 fully saturated rings. The van der Waals surface area contributed by atoms with E-state index < -0.39 is 15.3 Å². The van der Waals surface area contributed by atoms with Crippen molar-refractivity contribution in [2.75, 3.05) is 33.8 Å². The lowest BCUT2D eigenvalue weighted by molar-refractivity contribution is 0.0725. The lowest BCUT2D eigenvalue weighted by Gasteiger charge is -2.33. The number of piperidine rings is 1. The number of benzene rings is 1. The van der Waals surface area contributed by atoms with Gasteiger partial charge in [0.05, 0.1) is 16.9 Å². The van der Waals surface area contributed by atoms with Gasteiger partial charge in [0, 0.05) is 32.7 Å². The zero-order valence-corrected chi connectivity index (χ0v) is 16.1. The number of sulfonamides is 1. The highest BCUT2D eigenvalue weighted by atomic mass is 35.5. The Morgan fingerprint density at radius 2 is 2.12 bits per heavy atom. The van der Waals surface area contributed by atoms with Crippen LogP contribution in [0.25, 0.3) is 0 Å². The fourth-order valence-electron chi connectivity index (χ4n) is 2.81. The zero-order chi connectivity index (χ0) is 18.8. The molecule has 7 nitrogen and oxygen atoms in total. The SMILES string of the molecule is CCOc1cc(C(=O)N2CCCC(S(=O)(=O)N(C)C)C2)cc(Cl)c1O. The van der Waals surface area contributed by atoms with E-state index in [0.29, 0.717) is 26.0 Å². The lowest BCUT2D eigenvalue weighted by Crippen LogP contribution is -2.48. The van der Waals surface area contributed by atoms with E-state index in [4.69, 9.17) is 16.3 Å². The summed E-state index contributed by atoms with van der Waals surface area (Å²) in [7, 11) is -0.451. The van der Waals surface area contributed by atoms with Crippen LogP contribution in [0, 0.1) is 0 Å². The van der Waals surface area contributed by atoms with Gasteiger partial charge >= 0.3 is 0 Å². The first-order chi connectivity index (χ1) is 11.7. The Balaban J connectivity index is 2.26. The van der Waals surface area contributed by atoms with Gasteiger partial charge in [0.2, 0.25) is 10.0 Å². The molecule has 0 bridgehead atoms. The molecule has 1 aromatic rings. The second-order valence-corrected chi connectivity index (χ2v) is 8.91. The minimum Gasteiger partial charge on any atom is -0.503 e. The number of phenolic OH excluding ortho intramolecular Hbond substituents is 1. The monoisotopic (exact) mass is 390 g/mol. The average molecular weight is 391 g/mol. The topological polar surface area (TPSA) is 87.2 Å². The van der Waals surface area contributed by atoms with Crippen molar-refractivity contribution in [3.8, 4) is 11.5 Å². The Morgan fingerprint density at radius 3 is 2.72 bits per heavy atom. The van der Waals surface area contributed by atoms with E-state index in [2.05, 4.69) is 0 Å². The molecule has 2 rings (SSSR count). The maximum Gasteiger partial charge on any atom is 0.254 e. The molecule has 0 radical (unpaired) electrons. The number of nitrogens with zero attached hydrogens (tertiary/aromatic N) is 2. The summed E-state index contributed by atoms with van der Waals surface area (Å²) < 4.78 is 31.2. The Kier molecular flexibility index (Phi) is 6.18. The summed E-state index contributed by atoms with van der Waals surface area (Å²) in [6.07, 6.45) is 1.12. The van der Waals surface area contributed by atoms with Crippen LogP contribution in [0.1, 0.15) is 30.1 Å². The van der Waals surface area contributed by atoms with Crippen molar-refractivity contribution in [3.05, 3.63) is 22.7 Å². The van der Waals surface area contributed by atoms with Gasteiger partial charge in [-0.2, -0.15) is 0 Å². The Hall–Kier alpha value is -1.51. The number of rotatable bonds is 5. The minimum atomic E-state index is -3.43. The van der Waals surface area contributed by atoms with Crippen molar-refractivity contribution in [1.82, 2.24) is 9.21 Å². The van der Waals surface area contributed by atoms with Crippen LogP contribution in [0.3, 0.4) is 0 Å². The molecular formula is C16H23ClN2O5S. The molecule has 1 aliphatic rings. The minimum absolute atomic E-state index is 0.0174. The molecule has 0 aliphatic carbocycles. The number of phenols is 1. The molecule has 0 aromatic heterocycles. The smallest absolute Gasteiger partial charge is 0.254 e. The van der Waals surface area contributed by atoms with Gasteiger partial charge in [0.25, 0.3) is 5.91 Å². The van der Waals surface area contributed by atoms with Crippen LogP contribution in [0.2, 0.25) is 5.02 Å². The summed E-state index contributed by atoms with van der Waals surface area (Å²) in [5, 5.41) is 9.28. The first-order valence-corrected chi connectivity index (χ1v) is 9.92. The highest BCUT2D eigenvalue weighted by molar-refractivity contribution is 7.89. The standard InChI is InChI=1S/C16H23ClN2O5S/c1-4-24-14-9-11(8-13(17)15(14)20)16(21)19-7-5-6-12(10-19)25(22,23)18(2)3/h8-9,12,20H,4-7,10H2,1-3H3. The van der Waals surface area contributed by atoms with E-state index in [9.17, 15) is 18.3 Å². The zero-order valence-electron chi connectivity index (χ0n) is 14.5. The molecule has 1 aromatic carbocycles. The van der Waals surface area contributed by atoms with Crippen LogP contribution in [0.5, 0.6) is 11.5 Å². The lowest BCUT2D eigenvalue weighted by atomic mass is 10.1. The third kappa shape index (κ3) is 4.19.